The summed E-state index contributed by atoms with van der Waals surface area (Å²) in [6.45, 7) is 7.02. The van der Waals surface area contributed by atoms with Crippen LogP contribution in [0.2, 0.25) is 0 Å². The second-order valence-corrected chi connectivity index (χ2v) is 9.13. The predicted octanol–water partition coefficient (Wildman–Crippen LogP) is 4.77. The lowest BCUT2D eigenvalue weighted by Gasteiger charge is -2.36. The van der Waals surface area contributed by atoms with Gasteiger partial charge in [-0.15, -0.1) is 11.3 Å². The predicted molar refractivity (Wildman–Crippen MR) is 101 cm³/mol. The maximum Gasteiger partial charge on any atom is 0.190 e. The molecule has 2 atom stereocenters. The third kappa shape index (κ3) is 2.86. The minimum Gasteiger partial charge on any atom is -0.355 e. The number of nitrogens with zero attached hydrogens (tertiary/aromatic N) is 3. The van der Waals surface area contributed by atoms with Crippen LogP contribution >= 0.6 is 23.1 Å². The van der Waals surface area contributed by atoms with E-state index in [2.05, 4.69) is 25.0 Å². The topological polar surface area (TPSA) is 29.0 Å². The van der Waals surface area contributed by atoms with E-state index in [1.54, 1.807) is 22.2 Å². The molecule has 0 N–H and O–H groups in total. The van der Waals surface area contributed by atoms with E-state index in [9.17, 15) is 0 Å². The molecule has 0 saturated carbocycles. The van der Waals surface area contributed by atoms with Crippen LogP contribution in [0.25, 0.3) is 10.2 Å². The van der Waals surface area contributed by atoms with Gasteiger partial charge in [-0.2, -0.15) is 0 Å². The van der Waals surface area contributed by atoms with E-state index in [1.165, 1.54) is 48.1 Å². The van der Waals surface area contributed by atoms with E-state index in [0.717, 1.165) is 30.1 Å². The molecule has 1 aliphatic heterocycles. The number of thioether (sulfide) groups is 1. The Kier molecular flexibility index (Phi) is 4.26. The molecule has 124 valence electrons. The second kappa shape index (κ2) is 6.25. The van der Waals surface area contributed by atoms with Crippen LogP contribution in [0.3, 0.4) is 0 Å². The number of aromatic nitrogens is 2. The molecule has 1 aliphatic carbocycles. The number of rotatable bonds is 2. The first kappa shape index (κ1) is 15.7. The van der Waals surface area contributed by atoms with Gasteiger partial charge in [-0.25, -0.2) is 9.97 Å². The highest BCUT2D eigenvalue weighted by Gasteiger charge is 2.28. The van der Waals surface area contributed by atoms with Crippen molar-refractivity contribution in [3.05, 3.63) is 10.4 Å². The van der Waals surface area contributed by atoms with Gasteiger partial charge < -0.3 is 4.90 Å². The van der Waals surface area contributed by atoms with Crippen molar-refractivity contribution in [3.8, 4) is 0 Å². The van der Waals surface area contributed by atoms with Gasteiger partial charge in [0.1, 0.15) is 10.6 Å². The fourth-order valence-electron chi connectivity index (χ4n) is 4.28. The number of fused-ring (bicyclic) bond motifs is 3. The average Bonchev–Trinajstić information content (AvgIpc) is 2.91. The molecule has 2 aromatic heterocycles. The van der Waals surface area contributed by atoms with Crippen LogP contribution in [0.4, 0.5) is 5.82 Å². The molecule has 3 heterocycles. The summed E-state index contributed by atoms with van der Waals surface area (Å²) in [6.07, 6.45) is 8.51. The molecule has 0 aromatic carbocycles. The summed E-state index contributed by atoms with van der Waals surface area (Å²) >= 11 is 3.59. The highest BCUT2D eigenvalue weighted by Crippen LogP contribution is 2.41. The van der Waals surface area contributed by atoms with Crippen molar-refractivity contribution in [1.29, 1.82) is 0 Å². The van der Waals surface area contributed by atoms with E-state index in [-0.39, 0.29) is 0 Å². The molecular formula is C18H25N3S2. The van der Waals surface area contributed by atoms with Crippen LogP contribution in [0, 0.1) is 11.8 Å². The maximum absolute atomic E-state index is 4.98. The Morgan fingerprint density at radius 2 is 1.83 bits per heavy atom. The third-order valence-electron chi connectivity index (χ3n) is 5.13. The van der Waals surface area contributed by atoms with E-state index in [0.29, 0.717) is 0 Å². The standard InChI is InChI=1S/C18H25N3S2/c1-11-8-12(2)10-21(9-11)16-15-13-6-4-5-7-14(13)23-17(15)20-18(19-16)22-3/h11-12H,4-10H2,1-3H3. The Hall–Kier alpha value is -0.810. The Balaban J connectivity index is 1.87. The van der Waals surface area contributed by atoms with Gasteiger partial charge in [0.15, 0.2) is 5.16 Å². The maximum atomic E-state index is 4.98. The van der Waals surface area contributed by atoms with Crippen molar-refractivity contribution < 1.29 is 0 Å². The summed E-state index contributed by atoms with van der Waals surface area (Å²) in [6, 6.07) is 0. The fraction of sp³-hybridized carbons (Fsp3) is 0.667. The van der Waals surface area contributed by atoms with Gasteiger partial charge >= 0.3 is 0 Å². The summed E-state index contributed by atoms with van der Waals surface area (Å²) in [5.41, 5.74) is 1.56. The first-order valence-electron chi connectivity index (χ1n) is 8.77. The lowest BCUT2D eigenvalue weighted by Crippen LogP contribution is -2.39. The zero-order valence-corrected chi connectivity index (χ0v) is 15.9. The Morgan fingerprint density at radius 1 is 1.09 bits per heavy atom. The monoisotopic (exact) mass is 347 g/mol. The zero-order valence-electron chi connectivity index (χ0n) is 14.3. The summed E-state index contributed by atoms with van der Waals surface area (Å²) in [5, 5.41) is 2.31. The normalized spacial score (nSPS) is 24.9. The van der Waals surface area contributed by atoms with Crippen molar-refractivity contribution in [3.63, 3.8) is 0 Å². The van der Waals surface area contributed by atoms with Gasteiger partial charge in [-0.1, -0.05) is 25.6 Å². The van der Waals surface area contributed by atoms with Crippen LogP contribution < -0.4 is 4.90 Å². The fourth-order valence-corrected chi connectivity index (χ4v) is 5.95. The van der Waals surface area contributed by atoms with Crippen LogP contribution in [-0.2, 0) is 12.8 Å². The average molecular weight is 348 g/mol. The van der Waals surface area contributed by atoms with E-state index in [4.69, 9.17) is 9.97 Å². The van der Waals surface area contributed by atoms with Gasteiger partial charge in [0, 0.05) is 18.0 Å². The van der Waals surface area contributed by atoms with E-state index < -0.39 is 0 Å². The van der Waals surface area contributed by atoms with E-state index >= 15 is 0 Å². The van der Waals surface area contributed by atoms with Crippen LogP contribution in [-0.4, -0.2) is 29.3 Å². The van der Waals surface area contributed by atoms with Crippen molar-refractivity contribution in [2.45, 2.75) is 51.1 Å². The minimum absolute atomic E-state index is 0.746. The molecule has 5 heteroatoms. The highest BCUT2D eigenvalue weighted by molar-refractivity contribution is 7.98. The molecule has 1 saturated heterocycles. The highest BCUT2D eigenvalue weighted by atomic mass is 32.2. The SMILES string of the molecule is CSc1nc(N2CC(C)CC(C)C2)c2c3c(sc2n1)CCCC3. The number of anilines is 1. The smallest absolute Gasteiger partial charge is 0.190 e. The molecular weight excluding hydrogens is 322 g/mol. The second-order valence-electron chi connectivity index (χ2n) is 7.28. The first-order chi connectivity index (χ1) is 11.2. The minimum atomic E-state index is 0.746. The largest absolute Gasteiger partial charge is 0.355 e. The lowest BCUT2D eigenvalue weighted by atomic mass is 9.91. The summed E-state index contributed by atoms with van der Waals surface area (Å²) < 4.78 is 0. The molecule has 4 rings (SSSR count). The van der Waals surface area contributed by atoms with Crippen molar-refractivity contribution >= 4 is 39.1 Å². The molecule has 3 nitrogen and oxygen atoms in total. The zero-order chi connectivity index (χ0) is 16.0. The molecule has 0 radical (unpaired) electrons. The van der Waals surface area contributed by atoms with Gasteiger partial charge in [-0.05, 0) is 55.8 Å². The Labute approximate surface area is 146 Å². The summed E-state index contributed by atoms with van der Waals surface area (Å²) in [4.78, 5) is 15.1. The number of aryl methyl sites for hydroxylation is 2. The number of thiophene rings is 1. The quantitative estimate of drug-likeness (QED) is 0.578. The molecule has 0 amide bonds. The third-order valence-corrected chi connectivity index (χ3v) is 6.86. The van der Waals surface area contributed by atoms with Crippen LogP contribution in [0.15, 0.2) is 5.16 Å². The number of hydrogen-bond acceptors (Lipinski definition) is 5. The van der Waals surface area contributed by atoms with Crippen molar-refractivity contribution in [2.24, 2.45) is 11.8 Å². The summed E-state index contributed by atoms with van der Waals surface area (Å²) in [5.74, 6) is 2.71. The lowest BCUT2D eigenvalue weighted by molar-refractivity contribution is 0.355. The van der Waals surface area contributed by atoms with E-state index in [1.807, 2.05) is 11.3 Å². The molecule has 0 spiro atoms. The van der Waals surface area contributed by atoms with Gasteiger partial charge in [0.25, 0.3) is 0 Å². The Morgan fingerprint density at radius 3 is 2.57 bits per heavy atom. The molecule has 1 fully saturated rings. The van der Waals surface area contributed by atoms with Crippen LogP contribution in [0.1, 0.15) is 43.6 Å². The number of piperidine rings is 1. The molecule has 2 aliphatic rings. The molecule has 23 heavy (non-hydrogen) atoms. The first-order valence-corrected chi connectivity index (χ1v) is 10.8. The van der Waals surface area contributed by atoms with Crippen molar-refractivity contribution in [1.82, 2.24) is 9.97 Å². The molecule has 2 unspecified atom stereocenters. The Bertz CT molecular complexity index is 715. The molecule has 0 bridgehead atoms. The summed E-state index contributed by atoms with van der Waals surface area (Å²) in [7, 11) is 0. The van der Waals surface area contributed by atoms with Gasteiger partial charge in [-0.3, -0.25) is 0 Å². The van der Waals surface area contributed by atoms with Gasteiger partial charge in [0.2, 0.25) is 0 Å². The van der Waals surface area contributed by atoms with Crippen molar-refractivity contribution in [2.75, 3.05) is 24.2 Å². The van der Waals surface area contributed by atoms with Crippen LogP contribution in [0.5, 0.6) is 0 Å². The molecule has 2 aromatic rings. The number of hydrogen-bond donors (Lipinski definition) is 0. The van der Waals surface area contributed by atoms with Gasteiger partial charge in [0.05, 0.1) is 5.39 Å².